The van der Waals surface area contributed by atoms with Gasteiger partial charge in [-0.05, 0) is 61.7 Å². The molecule has 0 spiro atoms. The predicted octanol–water partition coefficient (Wildman–Crippen LogP) is 6.94. The lowest BCUT2D eigenvalue weighted by Gasteiger charge is -2.40. The van der Waals surface area contributed by atoms with Crippen molar-refractivity contribution in [3.05, 3.63) is 106 Å². The molecule has 5 rings (SSSR count). The van der Waals surface area contributed by atoms with Gasteiger partial charge in [-0.15, -0.1) is 10.2 Å². The molecule has 0 N–H and O–H groups in total. The van der Waals surface area contributed by atoms with Crippen molar-refractivity contribution in [3.8, 4) is 5.69 Å². The molecule has 1 aliphatic rings. The van der Waals surface area contributed by atoms with Crippen LogP contribution in [0, 0.1) is 5.82 Å². The van der Waals surface area contributed by atoms with E-state index in [1.165, 1.54) is 18.2 Å². The van der Waals surface area contributed by atoms with Gasteiger partial charge in [-0.25, -0.2) is 4.39 Å². The number of thioether (sulfide) groups is 1. The molecule has 0 radical (unpaired) electrons. The van der Waals surface area contributed by atoms with Gasteiger partial charge in [-0.2, -0.15) is 0 Å². The van der Waals surface area contributed by atoms with Gasteiger partial charge in [0.15, 0.2) is 5.16 Å². The number of rotatable bonds is 10. The summed E-state index contributed by atoms with van der Waals surface area (Å²) in [7, 11) is 0. The summed E-state index contributed by atoms with van der Waals surface area (Å²) in [6.07, 6.45) is 2.61. The molecule has 1 unspecified atom stereocenters. The number of hydrogen-bond donors (Lipinski definition) is 0. The zero-order chi connectivity index (χ0) is 30.3. The highest BCUT2D eigenvalue weighted by atomic mass is 35.5. The van der Waals surface area contributed by atoms with Crippen molar-refractivity contribution in [2.24, 2.45) is 0 Å². The largest absolute Gasteiger partial charge is 0.339 e. The van der Waals surface area contributed by atoms with E-state index >= 15 is 0 Å². The van der Waals surface area contributed by atoms with E-state index in [0.29, 0.717) is 48.1 Å². The molecule has 1 aromatic heterocycles. The van der Waals surface area contributed by atoms with Crippen molar-refractivity contribution in [1.82, 2.24) is 24.6 Å². The van der Waals surface area contributed by atoms with Crippen molar-refractivity contribution in [2.45, 2.75) is 43.8 Å². The lowest BCUT2D eigenvalue weighted by Crippen LogP contribution is -2.55. The monoisotopic (exact) mass is 639 g/mol. The molecule has 2 heterocycles. The van der Waals surface area contributed by atoms with Gasteiger partial charge in [-0.3, -0.25) is 14.2 Å². The first kappa shape index (κ1) is 31.0. The number of halogens is 3. The van der Waals surface area contributed by atoms with Crippen LogP contribution in [0.3, 0.4) is 0 Å². The minimum Gasteiger partial charge on any atom is -0.339 e. The Morgan fingerprint density at radius 3 is 2.51 bits per heavy atom. The van der Waals surface area contributed by atoms with Crippen LogP contribution in [0.2, 0.25) is 10.0 Å². The summed E-state index contributed by atoms with van der Waals surface area (Å²) in [6.45, 7) is 3.28. The van der Waals surface area contributed by atoms with Crippen LogP contribution in [-0.2, 0) is 11.2 Å². The van der Waals surface area contributed by atoms with E-state index in [9.17, 15) is 14.0 Å². The molecular formula is C32H32Cl2FN5O2S. The number of benzene rings is 3. The fourth-order valence-corrected chi connectivity index (χ4v) is 6.41. The first-order chi connectivity index (χ1) is 20.8. The van der Waals surface area contributed by atoms with Crippen LogP contribution in [0.4, 0.5) is 4.39 Å². The van der Waals surface area contributed by atoms with Crippen LogP contribution in [0.25, 0.3) is 5.69 Å². The standard InChI is InChI=1S/C32H32Cl2FN5O2S/c1-22-21-38(15-16-39(22)31(42)24-10-7-11-25(35)19-24)30(41)12-5-6-17-43-32-37-36-29(18-23-8-3-2-4-9-23)40(32)26-13-14-27(33)28(34)20-26/h2-4,7-11,13-14,19-20,22H,5-6,12,15-18,21H2,1H3. The maximum absolute atomic E-state index is 13.6. The Kier molecular flexibility index (Phi) is 10.4. The molecule has 0 aliphatic carbocycles. The SMILES string of the molecule is CC1CN(C(=O)CCCCSc2nnc(Cc3ccccc3)n2-c2ccc(Cl)c(Cl)c2)CCN1C(=O)c1cccc(F)c1. The lowest BCUT2D eigenvalue weighted by atomic mass is 10.1. The third-order valence-corrected chi connectivity index (χ3v) is 9.15. The molecule has 0 saturated carbocycles. The number of hydrogen-bond acceptors (Lipinski definition) is 5. The maximum Gasteiger partial charge on any atom is 0.254 e. The minimum atomic E-state index is -0.437. The fourth-order valence-electron chi connectivity index (χ4n) is 5.14. The third kappa shape index (κ3) is 7.77. The van der Waals surface area contributed by atoms with Gasteiger partial charge in [0.25, 0.3) is 5.91 Å². The topological polar surface area (TPSA) is 71.3 Å². The zero-order valence-corrected chi connectivity index (χ0v) is 26.1. The minimum absolute atomic E-state index is 0.0822. The van der Waals surface area contributed by atoms with Gasteiger partial charge in [-0.1, -0.05) is 71.4 Å². The van der Waals surface area contributed by atoms with Crippen LogP contribution in [0.15, 0.2) is 78.0 Å². The molecule has 3 aromatic carbocycles. The van der Waals surface area contributed by atoms with Gasteiger partial charge in [0.05, 0.1) is 15.7 Å². The van der Waals surface area contributed by atoms with E-state index in [2.05, 4.69) is 22.3 Å². The van der Waals surface area contributed by atoms with E-state index in [1.54, 1.807) is 28.8 Å². The van der Waals surface area contributed by atoms with Crippen LogP contribution in [0.5, 0.6) is 0 Å². The molecule has 7 nitrogen and oxygen atoms in total. The molecule has 4 aromatic rings. The van der Waals surface area contributed by atoms with E-state index in [1.807, 2.05) is 46.7 Å². The number of carbonyl (C=O) groups excluding carboxylic acids is 2. The second kappa shape index (κ2) is 14.4. The van der Waals surface area contributed by atoms with Gasteiger partial charge in [0.1, 0.15) is 11.6 Å². The summed E-state index contributed by atoms with van der Waals surface area (Å²) in [5.41, 5.74) is 2.29. The summed E-state index contributed by atoms with van der Waals surface area (Å²) >= 11 is 14.1. The van der Waals surface area contributed by atoms with Gasteiger partial charge in [0, 0.05) is 49.8 Å². The van der Waals surface area contributed by atoms with Gasteiger partial charge in [0.2, 0.25) is 5.91 Å². The second-order valence-corrected chi connectivity index (χ2v) is 12.4. The first-order valence-corrected chi connectivity index (χ1v) is 15.9. The molecule has 0 bridgehead atoms. The quantitative estimate of drug-likeness (QED) is 0.139. The van der Waals surface area contributed by atoms with E-state index in [4.69, 9.17) is 23.2 Å². The molecule has 1 saturated heterocycles. The third-order valence-electron chi connectivity index (χ3n) is 7.40. The Morgan fingerprint density at radius 2 is 1.77 bits per heavy atom. The number of piperazine rings is 1. The number of aromatic nitrogens is 3. The average Bonchev–Trinajstić information content (AvgIpc) is 3.40. The zero-order valence-electron chi connectivity index (χ0n) is 23.8. The molecule has 11 heteroatoms. The highest BCUT2D eigenvalue weighted by Gasteiger charge is 2.30. The summed E-state index contributed by atoms with van der Waals surface area (Å²) in [6, 6.07) is 21.1. The molecule has 1 aliphatic heterocycles. The second-order valence-electron chi connectivity index (χ2n) is 10.5. The molecule has 1 atom stereocenters. The maximum atomic E-state index is 13.6. The number of nitrogens with zero attached hydrogens (tertiary/aromatic N) is 5. The van der Waals surface area contributed by atoms with Crippen molar-refractivity contribution < 1.29 is 14.0 Å². The van der Waals surface area contributed by atoms with Crippen LogP contribution < -0.4 is 0 Å². The molecule has 1 fully saturated rings. The Labute approximate surface area is 265 Å². The van der Waals surface area contributed by atoms with Crippen molar-refractivity contribution in [1.29, 1.82) is 0 Å². The Bertz CT molecular complexity index is 1590. The van der Waals surface area contributed by atoms with Gasteiger partial charge >= 0.3 is 0 Å². The molecule has 224 valence electrons. The summed E-state index contributed by atoms with van der Waals surface area (Å²) in [4.78, 5) is 29.4. The van der Waals surface area contributed by atoms with Crippen molar-refractivity contribution >= 4 is 46.8 Å². The predicted molar refractivity (Wildman–Crippen MR) is 169 cm³/mol. The van der Waals surface area contributed by atoms with Crippen molar-refractivity contribution in [2.75, 3.05) is 25.4 Å². The average molecular weight is 641 g/mol. The highest BCUT2D eigenvalue weighted by molar-refractivity contribution is 7.99. The summed E-state index contributed by atoms with van der Waals surface area (Å²) in [5.74, 6) is 0.999. The molecule has 2 amide bonds. The number of carbonyl (C=O) groups is 2. The smallest absolute Gasteiger partial charge is 0.254 e. The van der Waals surface area contributed by atoms with Crippen LogP contribution in [-0.4, -0.2) is 67.8 Å². The van der Waals surface area contributed by atoms with E-state index < -0.39 is 5.82 Å². The summed E-state index contributed by atoms with van der Waals surface area (Å²) in [5, 5.41) is 10.7. The van der Waals surface area contributed by atoms with Crippen LogP contribution >= 0.6 is 35.0 Å². The Hall–Kier alpha value is -3.40. The molecule has 43 heavy (non-hydrogen) atoms. The Balaban J connectivity index is 1.14. The summed E-state index contributed by atoms with van der Waals surface area (Å²) < 4.78 is 15.6. The van der Waals surface area contributed by atoms with E-state index in [-0.39, 0.29) is 17.9 Å². The normalized spacial score (nSPS) is 15.1. The van der Waals surface area contributed by atoms with Gasteiger partial charge < -0.3 is 9.80 Å². The number of unbranched alkanes of at least 4 members (excludes halogenated alkanes) is 1. The van der Waals surface area contributed by atoms with Crippen LogP contribution in [0.1, 0.15) is 47.9 Å². The highest BCUT2D eigenvalue weighted by Crippen LogP contribution is 2.29. The first-order valence-electron chi connectivity index (χ1n) is 14.2. The Morgan fingerprint density at radius 1 is 0.953 bits per heavy atom. The molecular weight excluding hydrogens is 608 g/mol. The van der Waals surface area contributed by atoms with E-state index in [0.717, 1.165) is 40.8 Å². The lowest BCUT2D eigenvalue weighted by molar-refractivity contribution is -0.133. The fraction of sp³-hybridized carbons (Fsp3) is 0.312. The number of amides is 2. The van der Waals surface area contributed by atoms with Crippen molar-refractivity contribution in [3.63, 3.8) is 0 Å².